The van der Waals surface area contributed by atoms with Crippen LogP contribution in [0.4, 0.5) is 5.69 Å². The summed E-state index contributed by atoms with van der Waals surface area (Å²) in [7, 11) is -2.79. The average molecular weight is 480 g/mol. The maximum atomic E-state index is 13.3. The molecule has 162 valence electrons. The lowest BCUT2D eigenvalue weighted by Gasteiger charge is -2.23. The van der Waals surface area contributed by atoms with Gasteiger partial charge in [-0.3, -0.25) is 4.79 Å². The SMILES string of the molecule is COc1ccc(N(C(=O)COc2ccc(Cl)c(C)c2)S(=O)(=O)c2ccccc2)cc1Cl. The van der Waals surface area contributed by atoms with Gasteiger partial charge in [-0.15, -0.1) is 0 Å². The lowest BCUT2D eigenvalue weighted by atomic mass is 10.2. The minimum Gasteiger partial charge on any atom is -0.495 e. The molecule has 3 aromatic rings. The number of ether oxygens (including phenoxy) is 2. The first-order valence-corrected chi connectivity index (χ1v) is 11.3. The van der Waals surface area contributed by atoms with E-state index in [0.717, 1.165) is 5.56 Å². The summed E-state index contributed by atoms with van der Waals surface area (Å²) in [5, 5.41) is 0.718. The van der Waals surface area contributed by atoms with E-state index in [1.807, 2.05) is 0 Å². The zero-order chi connectivity index (χ0) is 22.6. The second kappa shape index (κ2) is 9.60. The second-order valence-corrected chi connectivity index (χ2v) is 9.10. The van der Waals surface area contributed by atoms with Gasteiger partial charge in [0.2, 0.25) is 0 Å². The van der Waals surface area contributed by atoms with Gasteiger partial charge in [-0.2, -0.15) is 4.31 Å². The van der Waals surface area contributed by atoms with Crippen LogP contribution in [0.3, 0.4) is 0 Å². The van der Waals surface area contributed by atoms with E-state index >= 15 is 0 Å². The Morgan fingerprint density at radius 2 is 1.68 bits per heavy atom. The van der Waals surface area contributed by atoms with Gasteiger partial charge in [0.25, 0.3) is 15.9 Å². The Labute approximate surface area is 191 Å². The summed E-state index contributed by atoms with van der Waals surface area (Å²) < 4.78 is 37.9. The fourth-order valence-corrected chi connectivity index (χ4v) is 4.60. The van der Waals surface area contributed by atoms with Crippen molar-refractivity contribution in [1.29, 1.82) is 0 Å². The largest absolute Gasteiger partial charge is 0.495 e. The zero-order valence-electron chi connectivity index (χ0n) is 16.7. The van der Waals surface area contributed by atoms with Gasteiger partial charge in [0.15, 0.2) is 6.61 Å². The van der Waals surface area contributed by atoms with Gasteiger partial charge < -0.3 is 9.47 Å². The lowest BCUT2D eigenvalue weighted by Crippen LogP contribution is -2.40. The third-order valence-corrected chi connectivity index (χ3v) is 6.85. The van der Waals surface area contributed by atoms with Gasteiger partial charge in [-0.25, -0.2) is 8.42 Å². The molecule has 0 aliphatic carbocycles. The van der Waals surface area contributed by atoms with Gasteiger partial charge >= 0.3 is 0 Å². The number of benzene rings is 3. The van der Waals surface area contributed by atoms with Crippen LogP contribution in [0.1, 0.15) is 5.56 Å². The predicted octanol–water partition coefficient (Wildman–Crippen LogP) is 5.11. The zero-order valence-corrected chi connectivity index (χ0v) is 19.0. The second-order valence-electron chi connectivity index (χ2n) is 6.49. The van der Waals surface area contributed by atoms with Crippen molar-refractivity contribution >= 4 is 44.8 Å². The topological polar surface area (TPSA) is 72.9 Å². The Kier molecular flexibility index (Phi) is 7.10. The molecule has 0 saturated heterocycles. The molecule has 0 radical (unpaired) electrons. The highest BCUT2D eigenvalue weighted by Crippen LogP contribution is 2.32. The molecule has 0 fully saturated rings. The fraction of sp³-hybridized carbons (Fsp3) is 0.136. The number of sulfonamides is 1. The molecule has 6 nitrogen and oxygen atoms in total. The number of hydrogen-bond acceptors (Lipinski definition) is 5. The molecular weight excluding hydrogens is 461 g/mol. The molecule has 31 heavy (non-hydrogen) atoms. The maximum Gasteiger partial charge on any atom is 0.278 e. The van der Waals surface area contributed by atoms with E-state index < -0.39 is 22.5 Å². The van der Waals surface area contributed by atoms with Crippen molar-refractivity contribution in [3.05, 3.63) is 82.3 Å². The van der Waals surface area contributed by atoms with Crippen LogP contribution in [0.15, 0.2) is 71.6 Å². The summed E-state index contributed by atoms with van der Waals surface area (Å²) in [6, 6.07) is 16.8. The van der Waals surface area contributed by atoms with Crippen molar-refractivity contribution in [2.75, 3.05) is 18.0 Å². The number of halogens is 2. The highest BCUT2D eigenvalue weighted by Gasteiger charge is 2.31. The average Bonchev–Trinajstić information content (AvgIpc) is 2.75. The molecule has 9 heteroatoms. The van der Waals surface area contributed by atoms with E-state index in [4.69, 9.17) is 32.7 Å². The van der Waals surface area contributed by atoms with Gasteiger partial charge in [-0.05, 0) is 61.0 Å². The van der Waals surface area contributed by atoms with Crippen molar-refractivity contribution in [3.8, 4) is 11.5 Å². The van der Waals surface area contributed by atoms with Crippen LogP contribution < -0.4 is 13.8 Å². The van der Waals surface area contributed by atoms with Crippen LogP contribution in [0.2, 0.25) is 10.0 Å². The highest BCUT2D eigenvalue weighted by molar-refractivity contribution is 7.93. The van der Waals surface area contributed by atoms with Gasteiger partial charge in [0.05, 0.1) is 22.7 Å². The Morgan fingerprint density at radius 3 is 2.29 bits per heavy atom. The molecular formula is C22H19Cl2NO5S. The summed E-state index contributed by atoms with van der Waals surface area (Å²) in [4.78, 5) is 13.0. The Hall–Kier alpha value is -2.74. The third-order valence-electron chi connectivity index (χ3n) is 4.37. The normalized spacial score (nSPS) is 11.1. The first-order valence-electron chi connectivity index (χ1n) is 9.09. The molecule has 0 atom stereocenters. The van der Waals surface area contributed by atoms with E-state index in [2.05, 4.69) is 0 Å². The van der Waals surface area contributed by atoms with Crippen molar-refractivity contribution in [1.82, 2.24) is 0 Å². The fourth-order valence-electron chi connectivity index (χ4n) is 2.81. The van der Waals surface area contributed by atoms with Crippen LogP contribution in [0.5, 0.6) is 11.5 Å². The molecule has 0 aliphatic rings. The summed E-state index contributed by atoms with van der Waals surface area (Å²) in [5.41, 5.74) is 0.831. The Balaban J connectivity index is 1.98. The van der Waals surface area contributed by atoms with E-state index in [1.54, 1.807) is 43.3 Å². The number of hydrogen-bond donors (Lipinski definition) is 0. The predicted molar refractivity (Wildman–Crippen MR) is 121 cm³/mol. The molecule has 0 unspecified atom stereocenters. The van der Waals surface area contributed by atoms with Gasteiger partial charge in [0, 0.05) is 5.02 Å². The monoisotopic (exact) mass is 479 g/mol. The maximum absolute atomic E-state index is 13.3. The van der Waals surface area contributed by atoms with Crippen LogP contribution in [-0.4, -0.2) is 28.0 Å². The first kappa shape index (κ1) is 22.9. The summed E-state index contributed by atoms with van der Waals surface area (Å²) in [5.74, 6) is -0.0550. The molecule has 0 aliphatic heterocycles. The van der Waals surface area contributed by atoms with Crippen LogP contribution in [0, 0.1) is 6.92 Å². The standard InChI is InChI=1S/C22H19Cl2NO5S/c1-15-12-17(9-10-19(15)23)30-14-22(26)25(16-8-11-21(29-2)20(24)13-16)31(27,28)18-6-4-3-5-7-18/h3-13H,14H2,1-2H3. The third kappa shape index (κ3) is 5.12. The number of carbonyl (C=O) groups is 1. The highest BCUT2D eigenvalue weighted by atomic mass is 35.5. The number of methoxy groups -OCH3 is 1. The minimum atomic E-state index is -4.23. The van der Waals surface area contributed by atoms with Gasteiger partial charge in [0.1, 0.15) is 11.5 Å². The minimum absolute atomic E-state index is 0.0439. The van der Waals surface area contributed by atoms with Crippen molar-refractivity contribution in [2.45, 2.75) is 11.8 Å². The lowest BCUT2D eigenvalue weighted by molar-refractivity contribution is -0.119. The number of anilines is 1. The summed E-state index contributed by atoms with van der Waals surface area (Å²) >= 11 is 12.2. The van der Waals surface area contributed by atoms with Crippen LogP contribution >= 0.6 is 23.2 Å². The quantitative estimate of drug-likeness (QED) is 0.470. The molecule has 3 aromatic carbocycles. The Bertz CT molecular complexity index is 1200. The summed E-state index contributed by atoms with van der Waals surface area (Å²) in [6.07, 6.45) is 0. The number of nitrogens with zero attached hydrogens (tertiary/aromatic N) is 1. The molecule has 0 saturated carbocycles. The number of rotatable bonds is 7. The van der Waals surface area contributed by atoms with Crippen LogP contribution in [-0.2, 0) is 14.8 Å². The smallest absolute Gasteiger partial charge is 0.278 e. The number of amides is 1. The van der Waals surface area contributed by atoms with Gasteiger partial charge in [-0.1, -0.05) is 41.4 Å². The first-order chi connectivity index (χ1) is 14.7. The van der Waals surface area contributed by atoms with E-state index in [1.165, 1.54) is 37.4 Å². The molecule has 1 amide bonds. The van der Waals surface area contributed by atoms with E-state index in [0.29, 0.717) is 20.8 Å². The summed E-state index contributed by atoms with van der Waals surface area (Å²) in [6.45, 7) is 1.28. The number of carbonyl (C=O) groups excluding carboxylic acids is 1. The number of aryl methyl sites for hydroxylation is 1. The molecule has 0 spiro atoms. The van der Waals surface area contributed by atoms with E-state index in [9.17, 15) is 13.2 Å². The van der Waals surface area contributed by atoms with Crippen molar-refractivity contribution in [2.24, 2.45) is 0 Å². The van der Waals surface area contributed by atoms with E-state index in [-0.39, 0.29) is 15.6 Å². The van der Waals surface area contributed by atoms with Crippen molar-refractivity contribution in [3.63, 3.8) is 0 Å². The Morgan fingerprint density at radius 1 is 0.968 bits per heavy atom. The molecule has 0 bridgehead atoms. The molecule has 3 rings (SSSR count). The molecule has 0 aromatic heterocycles. The van der Waals surface area contributed by atoms with Crippen LogP contribution in [0.25, 0.3) is 0 Å². The molecule has 0 N–H and O–H groups in total. The molecule has 0 heterocycles. The van der Waals surface area contributed by atoms with Crippen molar-refractivity contribution < 1.29 is 22.7 Å².